The fourth-order valence-electron chi connectivity index (χ4n) is 3.53. The first-order valence-electron chi connectivity index (χ1n) is 10.4. The van der Waals surface area contributed by atoms with E-state index in [9.17, 15) is 9.59 Å². The zero-order valence-corrected chi connectivity index (χ0v) is 17.9. The molecule has 0 saturated heterocycles. The highest BCUT2D eigenvalue weighted by molar-refractivity contribution is 5.88. The number of carbonyl (C=O) groups excluding carboxylic acids is 1. The maximum atomic E-state index is 13.4. The van der Waals surface area contributed by atoms with Crippen LogP contribution >= 0.6 is 0 Å². The van der Waals surface area contributed by atoms with Crippen molar-refractivity contribution < 1.29 is 4.79 Å². The first kappa shape index (κ1) is 20.6. The molecule has 4 aromatic rings. The van der Waals surface area contributed by atoms with Crippen LogP contribution in [0.15, 0.2) is 59.7 Å². The minimum Gasteiger partial charge on any atom is -0.354 e. The van der Waals surface area contributed by atoms with Gasteiger partial charge in [0.15, 0.2) is 5.82 Å². The third-order valence-electron chi connectivity index (χ3n) is 5.11. The van der Waals surface area contributed by atoms with Crippen LogP contribution < -0.4 is 10.9 Å². The molecule has 1 amide bonds. The number of amides is 1. The van der Waals surface area contributed by atoms with E-state index in [0.717, 1.165) is 12.1 Å². The summed E-state index contributed by atoms with van der Waals surface area (Å²) in [5.41, 5.74) is 1.60. The number of rotatable bonds is 7. The SMILES string of the molecule is Cc1nn(CC(=O)NCCC(C)C)c(=O)c2c(-n3cccc3)n(-c3ccccc3)nc12. The lowest BCUT2D eigenvalue weighted by Crippen LogP contribution is -2.35. The van der Waals surface area contributed by atoms with Crippen molar-refractivity contribution in [2.24, 2.45) is 5.92 Å². The van der Waals surface area contributed by atoms with Gasteiger partial charge in [-0.15, -0.1) is 0 Å². The van der Waals surface area contributed by atoms with Crippen LogP contribution in [0.4, 0.5) is 0 Å². The predicted octanol–water partition coefficient (Wildman–Crippen LogP) is 2.84. The molecule has 31 heavy (non-hydrogen) atoms. The number of carbonyl (C=O) groups is 1. The molecule has 0 spiro atoms. The van der Waals surface area contributed by atoms with Crippen LogP contribution in [0.3, 0.4) is 0 Å². The van der Waals surface area contributed by atoms with Crippen LogP contribution in [0.1, 0.15) is 26.0 Å². The van der Waals surface area contributed by atoms with Gasteiger partial charge in [-0.2, -0.15) is 10.2 Å². The van der Waals surface area contributed by atoms with Crippen LogP contribution in [-0.2, 0) is 11.3 Å². The summed E-state index contributed by atoms with van der Waals surface area (Å²) < 4.78 is 4.83. The van der Waals surface area contributed by atoms with Crippen molar-refractivity contribution in [3.05, 3.63) is 70.9 Å². The van der Waals surface area contributed by atoms with Crippen molar-refractivity contribution in [2.45, 2.75) is 33.7 Å². The van der Waals surface area contributed by atoms with Gasteiger partial charge >= 0.3 is 0 Å². The second-order valence-corrected chi connectivity index (χ2v) is 7.97. The van der Waals surface area contributed by atoms with Gasteiger partial charge in [-0.3, -0.25) is 9.59 Å². The van der Waals surface area contributed by atoms with Gasteiger partial charge in [0.25, 0.3) is 5.56 Å². The minimum atomic E-state index is -0.342. The molecule has 4 rings (SSSR count). The maximum Gasteiger partial charge on any atom is 0.280 e. The highest BCUT2D eigenvalue weighted by atomic mass is 16.2. The van der Waals surface area contributed by atoms with Gasteiger partial charge in [0, 0.05) is 18.9 Å². The Morgan fingerprint density at radius 3 is 2.45 bits per heavy atom. The average Bonchev–Trinajstić information content (AvgIpc) is 3.40. The molecule has 0 bridgehead atoms. The van der Waals surface area contributed by atoms with Gasteiger partial charge in [0.05, 0.1) is 11.4 Å². The number of benzene rings is 1. The van der Waals surface area contributed by atoms with Crippen molar-refractivity contribution in [3.63, 3.8) is 0 Å². The lowest BCUT2D eigenvalue weighted by atomic mass is 10.1. The molecule has 0 fully saturated rings. The normalized spacial score (nSPS) is 11.4. The number of hydrogen-bond donors (Lipinski definition) is 1. The topological polar surface area (TPSA) is 86.7 Å². The number of para-hydroxylation sites is 1. The second-order valence-electron chi connectivity index (χ2n) is 7.97. The molecule has 1 N–H and O–H groups in total. The highest BCUT2D eigenvalue weighted by Crippen LogP contribution is 2.24. The monoisotopic (exact) mass is 418 g/mol. The fourth-order valence-corrected chi connectivity index (χ4v) is 3.53. The summed E-state index contributed by atoms with van der Waals surface area (Å²) in [4.78, 5) is 25.8. The second kappa shape index (κ2) is 8.59. The van der Waals surface area contributed by atoms with Gasteiger partial charge in [-0.25, -0.2) is 9.36 Å². The van der Waals surface area contributed by atoms with Crippen molar-refractivity contribution in [3.8, 4) is 11.5 Å². The molecule has 0 aliphatic rings. The van der Waals surface area contributed by atoms with Crippen LogP contribution in [0.5, 0.6) is 0 Å². The molecule has 8 heteroatoms. The zero-order chi connectivity index (χ0) is 22.0. The minimum absolute atomic E-state index is 0.130. The van der Waals surface area contributed by atoms with Gasteiger partial charge in [-0.05, 0) is 43.5 Å². The van der Waals surface area contributed by atoms with E-state index in [1.54, 1.807) is 11.6 Å². The summed E-state index contributed by atoms with van der Waals surface area (Å²) in [5.74, 6) is 0.885. The Kier molecular flexibility index (Phi) is 5.70. The Bertz CT molecular complexity index is 1250. The molecular weight excluding hydrogens is 392 g/mol. The number of hydrogen-bond acceptors (Lipinski definition) is 4. The maximum absolute atomic E-state index is 13.4. The smallest absolute Gasteiger partial charge is 0.280 e. The summed E-state index contributed by atoms with van der Waals surface area (Å²) in [6.07, 6.45) is 4.62. The van der Waals surface area contributed by atoms with E-state index >= 15 is 0 Å². The summed E-state index contributed by atoms with van der Waals surface area (Å²) in [6.45, 7) is 6.45. The first-order valence-corrected chi connectivity index (χ1v) is 10.4. The number of nitrogens with zero attached hydrogens (tertiary/aromatic N) is 5. The molecule has 0 unspecified atom stereocenters. The van der Waals surface area contributed by atoms with Gasteiger partial charge < -0.3 is 9.88 Å². The Labute approximate surface area is 180 Å². The molecule has 0 aliphatic carbocycles. The molecule has 0 saturated carbocycles. The molecule has 1 aromatic carbocycles. The Morgan fingerprint density at radius 1 is 1.06 bits per heavy atom. The summed E-state index contributed by atoms with van der Waals surface area (Å²) >= 11 is 0. The molecule has 160 valence electrons. The third kappa shape index (κ3) is 4.14. The first-order chi connectivity index (χ1) is 15.0. The molecule has 3 aromatic heterocycles. The summed E-state index contributed by atoms with van der Waals surface area (Å²) in [7, 11) is 0. The van der Waals surface area contributed by atoms with E-state index in [1.807, 2.05) is 59.4 Å². The van der Waals surface area contributed by atoms with Gasteiger partial charge in [-0.1, -0.05) is 32.0 Å². The molecule has 0 aliphatic heterocycles. The standard InChI is InChI=1S/C23H26N6O2/c1-16(2)11-12-24-19(30)15-28-23(31)20-21(17(3)25-28)26-29(18-9-5-4-6-10-18)22(20)27-13-7-8-14-27/h4-10,13-14,16H,11-12,15H2,1-3H3,(H,24,30). The van der Waals surface area contributed by atoms with Crippen LogP contribution in [0.2, 0.25) is 0 Å². The number of fused-ring (bicyclic) bond motifs is 1. The van der Waals surface area contributed by atoms with E-state index in [2.05, 4.69) is 24.3 Å². The van der Waals surface area contributed by atoms with Crippen molar-refractivity contribution >= 4 is 16.8 Å². The van der Waals surface area contributed by atoms with Crippen LogP contribution in [-0.4, -0.2) is 36.6 Å². The number of aromatic nitrogens is 5. The molecular formula is C23H26N6O2. The molecule has 3 heterocycles. The van der Waals surface area contributed by atoms with E-state index in [4.69, 9.17) is 5.10 Å². The van der Waals surface area contributed by atoms with Crippen LogP contribution in [0.25, 0.3) is 22.4 Å². The summed E-state index contributed by atoms with van der Waals surface area (Å²) in [5, 5.41) is 12.4. The predicted molar refractivity (Wildman–Crippen MR) is 120 cm³/mol. The Balaban J connectivity index is 1.82. The Morgan fingerprint density at radius 2 is 1.77 bits per heavy atom. The fraction of sp³-hybridized carbons (Fsp3) is 0.304. The van der Waals surface area contributed by atoms with Gasteiger partial charge in [0.2, 0.25) is 5.91 Å². The quantitative estimate of drug-likeness (QED) is 0.500. The third-order valence-corrected chi connectivity index (χ3v) is 5.11. The largest absolute Gasteiger partial charge is 0.354 e. The number of aryl methyl sites for hydroxylation is 1. The van der Waals surface area contributed by atoms with Crippen molar-refractivity contribution in [1.82, 2.24) is 29.4 Å². The zero-order valence-electron chi connectivity index (χ0n) is 17.9. The molecule has 8 nitrogen and oxygen atoms in total. The lowest BCUT2D eigenvalue weighted by Gasteiger charge is -2.10. The van der Waals surface area contributed by atoms with Crippen molar-refractivity contribution in [1.29, 1.82) is 0 Å². The Hall–Kier alpha value is -3.68. The van der Waals surface area contributed by atoms with E-state index in [-0.39, 0.29) is 18.0 Å². The molecule has 0 atom stereocenters. The molecule has 0 radical (unpaired) electrons. The highest BCUT2D eigenvalue weighted by Gasteiger charge is 2.22. The van der Waals surface area contributed by atoms with Crippen LogP contribution in [0, 0.1) is 12.8 Å². The number of nitrogens with one attached hydrogen (secondary N) is 1. The average molecular weight is 419 g/mol. The van der Waals surface area contributed by atoms with E-state index in [1.165, 1.54) is 4.68 Å². The van der Waals surface area contributed by atoms with Gasteiger partial charge in [0.1, 0.15) is 17.4 Å². The lowest BCUT2D eigenvalue weighted by molar-refractivity contribution is -0.121. The van der Waals surface area contributed by atoms with Crippen molar-refractivity contribution in [2.75, 3.05) is 6.54 Å². The summed E-state index contributed by atoms with van der Waals surface area (Å²) in [6, 6.07) is 13.4. The van der Waals surface area contributed by atoms with E-state index < -0.39 is 0 Å². The van der Waals surface area contributed by atoms with E-state index in [0.29, 0.717) is 34.9 Å².